The normalized spacial score (nSPS) is 10.7. The minimum Gasteiger partial charge on any atom is -0.381 e. The fraction of sp³-hybridized carbons (Fsp3) is 0.100. The average Bonchev–Trinajstić information content (AvgIpc) is 2.52. The van der Waals surface area contributed by atoms with Crippen molar-refractivity contribution in [3.63, 3.8) is 0 Å². The molecular weight excluding hydrogens is 341 g/mol. The number of nitrogen functional groups attached to an aromatic ring is 1. The molecule has 84 valence electrons. The zero-order chi connectivity index (χ0) is 11.7. The maximum Gasteiger partial charge on any atom is 0.159 e. The molecule has 0 aliphatic heterocycles. The summed E-state index contributed by atoms with van der Waals surface area (Å²) in [5.74, 6) is 0.157. The van der Waals surface area contributed by atoms with Crippen molar-refractivity contribution in [3.05, 3.63) is 44.7 Å². The molecule has 0 saturated heterocycles. The van der Waals surface area contributed by atoms with Gasteiger partial charge >= 0.3 is 0 Å². The number of benzene rings is 1. The van der Waals surface area contributed by atoms with Gasteiger partial charge < -0.3 is 5.73 Å². The first kappa shape index (κ1) is 11.6. The van der Waals surface area contributed by atoms with Crippen LogP contribution in [-0.4, -0.2) is 9.78 Å². The average molecular weight is 349 g/mol. The summed E-state index contributed by atoms with van der Waals surface area (Å²) in [5, 5.41) is 4.08. The van der Waals surface area contributed by atoms with Crippen LogP contribution in [0.1, 0.15) is 5.56 Å². The number of rotatable bonds is 2. The van der Waals surface area contributed by atoms with Crippen molar-refractivity contribution in [3.8, 4) is 0 Å². The van der Waals surface area contributed by atoms with Crippen LogP contribution in [0.5, 0.6) is 0 Å². The van der Waals surface area contributed by atoms with Crippen LogP contribution in [0.4, 0.5) is 10.2 Å². The lowest BCUT2D eigenvalue weighted by atomic mass is 10.2. The van der Waals surface area contributed by atoms with Gasteiger partial charge in [-0.1, -0.05) is 15.9 Å². The van der Waals surface area contributed by atoms with Crippen LogP contribution in [0.25, 0.3) is 0 Å². The van der Waals surface area contributed by atoms with Crippen LogP contribution in [0.3, 0.4) is 0 Å². The fourth-order valence-electron chi connectivity index (χ4n) is 1.33. The Kier molecular flexibility index (Phi) is 3.30. The van der Waals surface area contributed by atoms with Gasteiger partial charge in [0, 0.05) is 10.7 Å². The summed E-state index contributed by atoms with van der Waals surface area (Å²) in [6, 6.07) is 4.55. The fourth-order valence-corrected chi connectivity index (χ4v) is 2.02. The highest BCUT2D eigenvalue weighted by Gasteiger charge is 2.06. The zero-order valence-corrected chi connectivity index (χ0v) is 11.3. The number of nitrogens with zero attached hydrogens (tertiary/aromatic N) is 2. The minimum atomic E-state index is -0.266. The first-order chi connectivity index (χ1) is 7.56. The van der Waals surface area contributed by atoms with Crippen molar-refractivity contribution in [2.45, 2.75) is 6.54 Å². The van der Waals surface area contributed by atoms with Gasteiger partial charge in [0.15, 0.2) is 5.82 Å². The van der Waals surface area contributed by atoms with E-state index in [0.717, 1.165) is 14.5 Å². The third-order valence-electron chi connectivity index (χ3n) is 2.08. The Morgan fingerprint density at radius 1 is 1.31 bits per heavy atom. The molecular formula is C10H8Br2FN3. The molecule has 2 aromatic rings. The molecule has 0 amide bonds. The number of hydrogen-bond donors (Lipinski definition) is 1. The highest BCUT2D eigenvalue weighted by atomic mass is 79.9. The van der Waals surface area contributed by atoms with Crippen LogP contribution in [-0.2, 0) is 6.54 Å². The lowest BCUT2D eigenvalue weighted by Gasteiger charge is -2.04. The molecule has 2 rings (SSSR count). The first-order valence-corrected chi connectivity index (χ1v) is 6.07. The summed E-state index contributed by atoms with van der Waals surface area (Å²) in [6.07, 6.45) is 1.76. The Hall–Kier alpha value is -0.880. The summed E-state index contributed by atoms with van der Waals surface area (Å²) >= 11 is 6.63. The van der Waals surface area contributed by atoms with E-state index in [9.17, 15) is 4.39 Å². The molecule has 0 bridgehead atoms. The second kappa shape index (κ2) is 4.55. The molecule has 0 spiro atoms. The Balaban J connectivity index is 2.29. The Labute approximate surface area is 109 Å². The van der Waals surface area contributed by atoms with Crippen molar-refractivity contribution in [1.82, 2.24) is 9.78 Å². The van der Waals surface area contributed by atoms with Crippen molar-refractivity contribution < 1.29 is 4.39 Å². The van der Waals surface area contributed by atoms with E-state index in [2.05, 4.69) is 37.0 Å². The quantitative estimate of drug-likeness (QED) is 0.905. The maximum atomic E-state index is 13.0. The summed E-state index contributed by atoms with van der Waals surface area (Å²) in [4.78, 5) is 0. The lowest BCUT2D eigenvalue weighted by Crippen LogP contribution is -2.02. The van der Waals surface area contributed by atoms with Crippen LogP contribution < -0.4 is 5.73 Å². The van der Waals surface area contributed by atoms with Crippen molar-refractivity contribution >= 4 is 37.7 Å². The molecule has 0 saturated carbocycles. The molecule has 1 aromatic heterocycles. The van der Waals surface area contributed by atoms with Gasteiger partial charge in [-0.25, -0.2) is 4.39 Å². The molecule has 0 aliphatic carbocycles. The van der Waals surface area contributed by atoms with Gasteiger partial charge in [0.25, 0.3) is 0 Å². The molecule has 16 heavy (non-hydrogen) atoms. The van der Waals surface area contributed by atoms with Gasteiger partial charge in [-0.2, -0.15) is 5.10 Å². The number of halogens is 3. The SMILES string of the molecule is Nc1nn(Cc2cc(F)ccc2Br)cc1Br. The largest absolute Gasteiger partial charge is 0.381 e. The van der Waals surface area contributed by atoms with E-state index in [0.29, 0.717) is 12.4 Å². The molecule has 0 aliphatic rings. The molecule has 0 unspecified atom stereocenters. The molecule has 2 N–H and O–H groups in total. The molecule has 0 fully saturated rings. The molecule has 1 aromatic carbocycles. The summed E-state index contributed by atoms with van der Waals surface area (Å²) in [6.45, 7) is 0.466. The van der Waals surface area contributed by atoms with Crippen molar-refractivity contribution in [1.29, 1.82) is 0 Å². The summed E-state index contributed by atoms with van der Waals surface area (Å²) < 4.78 is 16.3. The van der Waals surface area contributed by atoms with Gasteiger partial charge in [-0.3, -0.25) is 4.68 Å². The number of hydrogen-bond acceptors (Lipinski definition) is 2. The van der Waals surface area contributed by atoms with Crippen LogP contribution in [0, 0.1) is 5.82 Å². The van der Waals surface area contributed by atoms with E-state index in [1.165, 1.54) is 12.1 Å². The van der Waals surface area contributed by atoms with E-state index in [1.54, 1.807) is 16.9 Å². The number of anilines is 1. The molecule has 1 heterocycles. The topological polar surface area (TPSA) is 43.8 Å². The van der Waals surface area contributed by atoms with Gasteiger partial charge in [0.05, 0.1) is 11.0 Å². The summed E-state index contributed by atoms with van der Waals surface area (Å²) in [7, 11) is 0. The zero-order valence-electron chi connectivity index (χ0n) is 8.12. The van der Waals surface area contributed by atoms with Gasteiger partial charge in [-0.15, -0.1) is 0 Å². The predicted molar refractivity (Wildman–Crippen MR) is 67.5 cm³/mol. The standard InChI is InChI=1S/C10H8Br2FN3/c11-8-2-1-7(13)3-6(8)4-16-5-9(12)10(14)15-16/h1-3,5H,4H2,(H2,14,15). The Morgan fingerprint density at radius 2 is 2.06 bits per heavy atom. The Bertz CT molecular complexity index is 505. The smallest absolute Gasteiger partial charge is 0.159 e. The van der Waals surface area contributed by atoms with Crippen LogP contribution in [0.2, 0.25) is 0 Å². The molecule has 0 radical (unpaired) electrons. The minimum absolute atomic E-state index is 0.266. The van der Waals surface area contributed by atoms with Gasteiger partial charge in [0.2, 0.25) is 0 Å². The third kappa shape index (κ3) is 2.44. The highest BCUT2D eigenvalue weighted by molar-refractivity contribution is 9.10. The molecule has 6 heteroatoms. The predicted octanol–water partition coefficient (Wildman–Crippen LogP) is 3.18. The first-order valence-electron chi connectivity index (χ1n) is 4.48. The second-order valence-electron chi connectivity index (χ2n) is 3.30. The molecule has 0 atom stereocenters. The van der Waals surface area contributed by atoms with Gasteiger partial charge in [0.1, 0.15) is 5.82 Å². The van der Waals surface area contributed by atoms with E-state index in [1.807, 2.05) is 0 Å². The van der Waals surface area contributed by atoms with E-state index >= 15 is 0 Å². The van der Waals surface area contributed by atoms with Crippen LogP contribution >= 0.6 is 31.9 Å². The lowest BCUT2D eigenvalue weighted by molar-refractivity contribution is 0.618. The number of aromatic nitrogens is 2. The third-order valence-corrected chi connectivity index (χ3v) is 3.47. The highest BCUT2D eigenvalue weighted by Crippen LogP contribution is 2.21. The van der Waals surface area contributed by atoms with E-state index < -0.39 is 0 Å². The van der Waals surface area contributed by atoms with E-state index in [-0.39, 0.29) is 5.82 Å². The number of nitrogens with two attached hydrogens (primary N) is 1. The summed E-state index contributed by atoms with van der Waals surface area (Å²) in [5.41, 5.74) is 6.41. The maximum absolute atomic E-state index is 13.0. The molecule has 3 nitrogen and oxygen atoms in total. The Morgan fingerprint density at radius 3 is 2.69 bits per heavy atom. The van der Waals surface area contributed by atoms with Crippen molar-refractivity contribution in [2.75, 3.05) is 5.73 Å². The monoisotopic (exact) mass is 347 g/mol. The van der Waals surface area contributed by atoms with Crippen LogP contribution in [0.15, 0.2) is 33.3 Å². The van der Waals surface area contributed by atoms with Gasteiger partial charge in [-0.05, 0) is 39.7 Å². The van der Waals surface area contributed by atoms with Crippen molar-refractivity contribution in [2.24, 2.45) is 0 Å². The second-order valence-corrected chi connectivity index (χ2v) is 5.00. The van der Waals surface area contributed by atoms with E-state index in [4.69, 9.17) is 5.73 Å².